The van der Waals surface area contributed by atoms with E-state index in [1.165, 1.54) is 12.1 Å². The number of fused-ring (bicyclic) bond motifs is 2. The first-order chi connectivity index (χ1) is 14.2. The summed E-state index contributed by atoms with van der Waals surface area (Å²) in [7, 11) is 0. The molecular weight excluding hydrogens is 387 g/mol. The standard InChI is InChI=1S/C23H25FN2O4/c1-23(2,3)30-22(28)25-11-12-26-17(13-25)14-29-19-6-4-5-18(20(19)21(26)27)15-7-9-16(24)10-8-15/h4-10,17H,11-14H2,1-3H3. The predicted molar refractivity (Wildman–Crippen MR) is 110 cm³/mol. The summed E-state index contributed by atoms with van der Waals surface area (Å²) in [5.74, 6) is 0.0259. The van der Waals surface area contributed by atoms with E-state index in [0.717, 1.165) is 5.56 Å². The van der Waals surface area contributed by atoms with Crippen LogP contribution in [0.5, 0.6) is 5.75 Å². The Labute approximate surface area is 175 Å². The molecule has 2 aromatic rings. The quantitative estimate of drug-likeness (QED) is 0.712. The first-order valence-corrected chi connectivity index (χ1v) is 10.0. The Morgan fingerprint density at radius 1 is 1.13 bits per heavy atom. The number of piperazine rings is 1. The molecule has 4 rings (SSSR count). The number of carbonyl (C=O) groups is 2. The first-order valence-electron chi connectivity index (χ1n) is 10.0. The van der Waals surface area contributed by atoms with E-state index < -0.39 is 5.60 Å². The van der Waals surface area contributed by atoms with Crippen LogP contribution in [0.25, 0.3) is 11.1 Å². The van der Waals surface area contributed by atoms with Gasteiger partial charge in [-0.1, -0.05) is 24.3 Å². The fourth-order valence-corrected chi connectivity index (χ4v) is 3.83. The topological polar surface area (TPSA) is 59.1 Å². The molecule has 158 valence electrons. The molecule has 2 heterocycles. The van der Waals surface area contributed by atoms with Crippen LogP contribution in [-0.4, -0.2) is 59.7 Å². The maximum absolute atomic E-state index is 13.5. The molecule has 0 bridgehead atoms. The Morgan fingerprint density at radius 3 is 2.57 bits per heavy atom. The zero-order chi connectivity index (χ0) is 21.5. The molecule has 1 unspecified atom stereocenters. The number of rotatable bonds is 1. The predicted octanol–water partition coefficient (Wildman–Crippen LogP) is 3.95. The van der Waals surface area contributed by atoms with Crippen molar-refractivity contribution < 1.29 is 23.5 Å². The molecule has 0 spiro atoms. The van der Waals surface area contributed by atoms with Gasteiger partial charge in [-0.3, -0.25) is 4.79 Å². The molecular formula is C23H25FN2O4. The average Bonchev–Trinajstić information content (AvgIpc) is 2.84. The molecule has 1 atom stereocenters. The Bertz CT molecular complexity index is 968. The van der Waals surface area contributed by atoms with Gasteiger partial charge in [0.15, 0.2) is 0 Å². The number of halogens is 1. The summed E-state index contributed by atoms with van der Waals surface area (Å²) < 4.78 is 24.8. The summed E-state index contributed by atoms with van der Waals surface area (Å²) in [5, 5.41) is 0. The van der Waals surface area contributed by atoms with Crippen LogP contribution in [0.3, 0.4) is 0 Å². The summed E-state index contributed by atoms with van der Waals surface area (Å²) in [6.07, 6.45) is -0.386. The summed E-state index contributed by atoms with van der Waals surface area (Å²) in [6, 6.07) is 11.2. The molecule has 7 heteroatoms. The molecule has 2 aliphatic heterocycles. The maximum atomic E-state index is 13.5. The van der Waals surface area contributed by atoms with Gasteiger partial charge in [0, 0.05) is 19.6 Å². The highest BCUT2D eigenvalue weighted by Gasteiger charge is 2.38. The zero-order valence-corrected chi connectivity index (χ0v) is 17.4. The SMILES string of the molecule is CC(C)(C)OC(=O)N1CCN2C(=O)c3c(cccc3-c3ccc(F)cc3)OCC2C1. The van der Waals surface area contributed by atoms with Crippen molar-refractivity contribution in [3.05, 3.63) is 53.8 Å². The second-order valence-electron chi connectivity index (χ2n) is 8.58. The molecule has 2 aliphatic rings. The molecule has 0 saturated carbocycles. The molecule has 1 saturated heterocycles. The highest BCUT2D eigenvalue weighted by Crippen LogP contribution is 2.35. The van der Waals surface area contributed by atoms with Crippen molar-refractivity contribution >= 4 is 12.0 Å². The second-order valence-corrected chi connectivity index (χ2v) is 8.58. The Balaban J connectivity index is 1.61. The smallest absolute Gasteiger partial charge is 0.410 e. The lowest BCUT2D eigenvalue weighted by atomic mass is 9.97. The van der Waals surface area contributed by atoms with Crippen LogP contribution >= 0.6 is 0 Å². The van der Waals surface area contributed by atoms with E-state index in [2.05, 4.69) is 0 Å². The van der Waals surface area contributed by atoms with E-state index in [-0.39, 0.29) is 30.5 Å². The molecule has 2 amide bonds. The number of carbonyl (C=O) groups excluding carboxylic acids is 2. The fourth-order valence-electron chi connectivity index (χ4n) is 3.83. The van der Waals surface area contributed by atoms with E-state index in [1.54, 1.807) is 28.0 Å². The third-order valence-electron chi connectivity index (χ3n) is 5.22. The van der Waals surface area contributed by atoms with Gasteiger partial charge in [-0.25, -0.2) is 9.18 Å². The normalized spacial score (nSPS) is 18.8. The number of amides is 2. The summed E-state index contributed by atoms with van der Waals surface area (Å²) in [5.41, 5.74) is 1.34. The van der Waals surface area contributed by atoms with Gasteiger partial charge in [0.2, 0.25) is 0 Å². The summed E-state index contributed by atoms with van der Waals surface area (Å²) in [6.45, 7) is 6.90. The highest BCUT2D eigenvalue weighted by atomic mass is 19.1. The highest BCUT2D eigenvalue weighted by molar-refractivity contribution is 6.04. The number of hydrogen-bond donors (Lipinski definition) is 0. The third-order valence-corrected chi connectivity index (χ3v) is 5.22. The molecule has 0 N–H and O–H groups in total. The van der Waals surface area contributed by atoms with Gasteiger partial charge < -0.3 is 19.3 Å². The minimum absolute atomic E-state index is 0.142. The Hall–Kier alpha value is -3.09. The van der Waals surface area contributed by atoms with E-state index >= 15 is 0 Å². The lowest BCUT2D eigenvalue weighted by Gasteiger charge is -2.40. The number of hydrogen-bond acceptors (Lipinski definition) is 4. The molecule has 0 radical (unpaired) electrons. The van der Waals surface area contributed by atoms with Crippen molar-refractivity contribution in [2.24, 2.45) is 0 Å². The van der Waals surface area contributed by atoms with Gasteiger partial charge in [0.05, 0.1) is 11.6 Å². The van der Waals surface area contributed by atoms with Crippen LogP contribution in [0.1, 0.15) is 31.1 Å². The van der Waals surface area contributed by atoms with Crippen LogP contribution in [-0.2, 0) is 4.74 Å². The van der Waals surface area contributed by atoms with Crippen molar-refractivity contribution in [1.82, 2.24) is 9.80 Å². The van der Waals surface area contributed by atoms with Gasteiger partial charge >= 0.3 is 6.09 Å². The van der Waals surface area contributed by atoms with Gasteiger partial charge in [-0.2, -0.15) is 0 Å². The fraction of sp³-hybridized carbons (Fsp3) is 0.391. The zero-order valence-electron chi connectivity index (χ0n) is 17.4. The molecule has 6 nitrogen and oxygen atoms in total. The average molecular weight is 412 g/mol. The molecule has 0 aromatic heterocycles. The maximum Gasteiger partial charge on any atom is 0.410 e. The van der Waals surface area contributed by atoms with Gasteiger partial charge in [0.1, 0.15) is 23.8 Å². The monoisotopic (exact) mass is 412 g/mol. The van der Waals surface area contributed by atoms with Crippen LogP contribution in [0.4, 0.5) is 9.18 Å². The summed E-state index contributed by atoms with van der Waals surface area (Å²) in [4.78, 5) is 29.3. The van der Waals surface area contributed by atoms with Gasteiger partial charge in [-0.15, -0.1) is 0 Å². The number of ether oxygens (including phenoxy) is 2. The molecule has 2 aromatic carbocycles. The number of nitrogens with zero attached hydrogens (tertiary/aromatic N) is 2. The van der Waals surface area contributed by atoms with E-state index in [4.69, 9.17) is 9.47 Å². The molecule has 0 aliphatic carbocycles. The minimum Gasteiger partial charge on any atom is -0.491 e. The lowest BCUT2D eigenvalue weighted by molar-refractivity contribution is 0.000958. The second kappa shape index (κ2) is 7.63. The Morgan fingerprint density at radius 2 is 1.87 bits per heavy atom. The van der Waals surface area contributed by atoms with Gasteiger partial charge in [0.25, 0.3) is 5.91 Å². The van der Waals surface area contributed by atoms with E-state index in [1.807, 2.05) is 32.9 Å². The van der Waals surface area contributed by atoms with Crippen molar-refractivity contribution in [3.63, 3.8) is 0 Å². The first kappa shape index (κ1) is 20.2. The lowest BCUT2D eigenvalue weighted by Crippen LogP contribution is -2.58. The molecule has 30 heavy (non-hydrogen) atoms. The largest absolute Gasteiger partial charge is 0.491 e. The van der Waals surface area contributed by atoms with Crippen molar-refractivity contribution in [2.45, 2.75) is 32.4 Å². The number of benzene rings is 2. The minimum atomic E-state index is -0.579. The third kappa shape index (κ3) is 3.97. The summed E-state index contributed by atoms with van der Waals surface area (Å²) >= 11 is 0. The van der Waals surface area contributed by atoms with E-state index in [9.17, 15) is 14.0 Å². The van der Waals surface area contributed by atoms with Crippen LogP contribution < -0.4 is 4.74 Å². The van der Waals surface area contributed by atoms with Crippen molar-refractivity contribution in [2.75, 3.05) is 26.2 Å². The Kier molecular flexibility index (Phi) is 5.13. The van der Waals surface area contributed by atoms with Crippen LogP contribution in [0, 0.1) is 5.82 Å². The van der Waals surface area contributed by atoms with E-state index in [0.29, 0.717) is 36.5 Å². The van der Waals surface area contributed by atoms with Crippen molar-refractivity contribution in [1.29, 1.82) is 0 Å². The van der Waals surface area contributed by atoms with Gasteiger partial charge in [-0.05, 0) is 50.1 Å². The van der Waals surface area contributed by atoms with Crippen LogP contribution in [0.15, 0.2) is 42.5 Å². The van der Waals surface area contributed by atoms with Crippen molar-refractivity contribution in [3.8, 4) is 16.9 Å². The molecule has 1 fully saturated rings. The van der Waals surface area contributed by atoms with Crippen LogP contribution in [0.2, 0.25) is 0 Å².